The number of carboxylic acids is 1. The van der Waals surface area contributed by atoms with E-state index in [9.17, 15) is 4.79 Å². The van der Waals surface area contributed by atoms with E-state index in [4.69, 9.17) is 20.3 Å². The molecule has 104 valence electrons. The van der Waals surface area contributed by atoms with E-state index >= 15 is 0 Å². The second-order valence-corrected chi connectivity index (χ2v) is 4.08. The van der Waals surface area contributed by atoms with Crippen molar-refractivity contribution in [2.24, 2.45) is 0 Å². The predicted octanol–water partition coefficient (Wildman–Crippen LogP) is 2.30. The summed E-state index contributed by atoms with van der Waals surface area (Å²) >= 11 is 0. The minimum Gasteiger partial charge on any atom is -0.477 e. The lowest BCUT2D eigenvalue weighted by atomic mass is 10.2. The average molecular weight is 274 g/mol. The van der Waals surface area contributed by atoms with Crippen LogP contribution in [0.2, 0.25) is 0 Å². The number of carboxylic acid groups (broad SMARTS) is 1. The van der Waals surface area contributed by atoms with Gasteiger partial charge in [-0.05, 0) is 29.8 Å². The van der Waals surface area contributed by atoms with Crippen molar-refractivity contribution in [3.8, 4) is 11.6 Å². The standard InChI is InChI=1S/C14H14N2O4/c1-19-8-9-3-2-4-10(7-9)20-13-11(15)5-6-12(16-13)14(17)18/h2-7H,8,15H2,1H3,(H,17,18). The zero-order chi connectivity index (χ0) is 14.5. The molecule has 1 aromatic heterocycles. The number of ether oxygens (including phenoxy) is 2. The summed E-state index contributed by atoms with van der Waals surface area (Å²) in [7, 11) is 1.60. The van der Waals surface area contributed by atoms with Crippen molar-refractivity contribution < 1.29 is 19.4 Å². The molecular formula is C14H14N2O4. The highest BCUT2D eigenvalue weighted by Gasteiger charge is 2.10. The van der Waals surface area contributed by atoms with Gasteiger partial charge in [0.1, 0.15) is 5.75 Å². The molecule has 0 aliphatic rings. The van der Waals surface area contributed by atoms with Gasteiger partial charge >= 0.3 is 5.97 Å². The van der Waals surface area contributed by atoms with Crippen LogP contribution in [0.1, 0.15) is 16.1 Å². The van der Waals surface area contributed by atoms with Gasteiger partial charge < -0.3 is 20.3 Å². The average Bonchev–Trinajstić information content (AvgIpc) is 2.42. The number of aromatic carboxylic acids is 1. The van der Waals surface area contributed by atoms with Gasteiger partial charge in [0.25, 0.3) is 0 Å². The minimum atomic E-state index is -1.14. The molecule has 0 saturated carbocycles. The number of rotatable bonds is 5. The number of pyridine rings is 1. The third kappa shape index (κ3) is 3.24. The van der Waals surface area contributed by atoms with E-state index in [1.54, 1.807) is 25.3 Å². The van der Waals surface area contributed by atoms with E-state index < -0.39 is 5.97 Å². The number of methoxy groups -OCH3 is 1. The normalized spacial score (nSPS) is 10.2. The molecule has 3 N–H and O–H groups in total. The van der Waals surface area contributed by atoms with Crippen molar-refractivity contribution in [3.63, 3.8) is 0 Å². The van der Waals surface area contributed by atoms with Crippen LogP contribution in [-0.2, 0) is 11.3 Å². The number of carbonyl (C=O) groups is 1. The molecule has 0 saturated heterocycles. The number of nitrogens with zero attached hydrogens (tertiary/aromatic N) is 1. The van der Waals surface area contributed by atoms with Gasteiger partial charge in [0.2, 0.25) is 5.88 Å². The van der Waals surface area contributed by atoms with E-state index in [2.05, 4.69) is 4.98 Å². The molecule has 0 radical (unpaired) electrons. The lowest BCUT2D eigenvalue weighted by Gasteiger charge is -2.09. The Morgan fingerprint density at radius 3 is 2.85 bits per heavy atom. The molecule has 6 heteroatoms. The molecule has 20 heavy (non-hydrogen) atoms. The fourth-order valence-electron chi connectivity index (χ4n) is 1.63. The van der Waals surface area contributed by atoms with Gasteiger partial charge in [0, 0.05) is 7.11 Å². The summed E-state index contributed by atoms with van der Waals surface area (Å²) in [6.07, 6.45) is 0. The summed E-state index contributed by atoms with van der Waals surface area (Å²) in [5.41, 5.74) is 6.81. The van der Waals surface area contributed by atoms with Crippen LogP contribution < -0.4 is 10.5 Å². The van der Waals surface area contributed by atoms with Crippen molar-refractivity contribution >= 4 is 11.7 Å². The Morgan fingerprint density at radius 1 is 1.35 bits per heavy atom. The third-order valence-electron chi connectivity index (χ3n) is 2.53. The Hall–Kier alpha value is -2.60. The molecule has 0 spiro atoms. The Labute approximate surface area is 115 Å². The second kappa shape index (κ2) is 6.03. The maximum absolute atomic E-state index is 10.9. The fraction of sp³-hybridized carbons (Fsp3) is 0.143. The molecule has 0 aliphatic heterocycles. The summed E-state index contributed by atoms with van der Waals surface area (Å²) < 4.78 is 10.6. The maximum Gasteiger partial charge on any atom is 0.354 e. The molecule has 0 unspecified atom stereocenters. The highest BCUT2D eigenvalue weighted by atomic mass is 16.5. The number of aromatic nitrogens is 1. The molecule has 0 aliphatic carbocycles. The number of nitrogens with two attached hydrogens (primary N) is 1. The van der Waals surface area contributed by atoms with Gasteiger partial charge in [-0.15, -0.1) is 0 Å². The van der Waals surface area contributed by atoms with Gasteiger partial charge in [-0.25, -0.2) is 9.78 Å². The Bertz CT molecular complexity index is 628. The van der Waals surface area contributed by atoms with Crippen LogP contribution in [0.15, 0.2) is 36.4 Å². The van der Waals surface area contributed by atoms with Crippen molar-refractivity contribution in [3.05, 3.63) is 47.7 Å². The van der Waals surface area contributed by atoms with Crippen LogP contribution in [0.3, 0.4) is 0 Å². The van der Waals surface area contributed by atoms with Gasteiger partial charge in [-0.1, -0.05) is 12.1 Å². The maximum atomic E-state index is 10.9. The van der Waals surface area contributed by atoms with Crippen molar-refractivity contribution in [1.29, 1.82) is 0 Å². The molecule has 0 amide bonds. The van der Waals surface area contributed by atoms with Crippen LogP contribution in [0, 0.1) is 0 Å². The molecule has 1 heterocycles. The zero-order valence-electron chi connectivity index (χ0n) is 10.9. The molecule has 6 nitrogen and oxygen atoms in total. The Morgan fingerprint density at radius 2 is 2.15 bits per heavy atom. The highest BCUT2D eigenvalue weighted by Crippen LogP contribution is 2.26. The summed E-state index contributed by atoms with van der Waals surface area (Å²) in [5, 5.41) is 8.90. The third-order valence-corrected chi connectivity index (χ3v) is 2.53. The number of anilines is 1. The summed E-state index contributed by atoms with van der Waals surface area (Å²) in [4.78, 5) is 14.7. The fourth-order valence-corrected chi connectivity index (χ4v) is 1.63. The second-order valence-electron chi connectivity index (χ2n) is 4.08. The summed E-state index contributed by atoms with van der Waals surface area (Å²) in [5.74, 6) is -0.552. The molecule has 2 rings (SSSR count). The molecule has 0 fully saturated rings. The van der Waals surface area contributed by atoms with Crippen LogP contribution in [0.25, 0.3) is 0 Å². The molecule has 1 aromatic carbocycles. The topological polar surface area (TPSA) is 94.7 Å². The molecule has 2 aromatic rings. The molecule has 0 atom stereocenters. The molecule has 0 bridgehead atoms. The number of hydrogen-bond donors (Lipinski definition) is 2. The van der Waals surface area contributed by atoms with Crippen LogP contribution >= 0.6 is 0 Å². The number of nitrogen functional groups attached to an aromatic ring is 1. The van der Waals surface area contributed by atoms with Crippen molar-refractivity contribution in [2.75, 3.05) is 12.8 Å². The van der Waals surface area contributed by atoms with E-state index in [1.807, 2.05) is 6.07 Å². The van der Waals surface area contributed by atoms with Crippen LogP contribution in [0.5, 0.6) is 11.6 Å². The first-order valence-electron chi connectivity index (χ1n) is 5.85. The summed E-state index contributed by atoms with van der Waals surface area (Å²) in [6, 6.07) is 9.98. The van der Waals surface area contributed by atoms with Gasteiger partial charge in [0.15, 0.2) is 5.69 Å². The van der Waals surface area contributed by atoms with Crippen molar-refractivity contribution in [2.45, 2.75) is 6.61 Å². The van der Waals surface area contributed by atoms with E-state index in [0.717, 1.165) is 5.56 Å². The first-order chi connectivity index (χ1) is 9.60. The van der Waals surface area contributed by atoms with E-state index in [0.29, 0.717) is 12.4 Å². The van der Waals surface area contributed by atoms with Crippen LogP contribution in [0.4, 0.5) is 5.69 Å². The van der Waals surface area contributed by atoms with E-state index in [-0.39, 0.29) is 17.3 Å². The first-order valence-corrected chi connectivity index (χ1v) is 5.85. The zero-order valence-corrected chi connectivity index (χ0v) is 10.9. The van der Waals surface area contributed by atoms with Gasteiger partial charge in [-0.2, -0.15) is 0 Å². The Kier molecular flexibility index (Phi) is 4.17. The largest absolute Gasteiger partial charge is 0.477 e. The van der Waals surface area contributed by atoms with Gasteiger partial charge in [0.05, 0.1) is 12.3 Å². The Balaban J connectivity index is 2.27. The lowest BCUT2D eigenvalue weighted by molar-refractivity contribution is 0.0689. The predicted molar refractivity (Wildman–Crippen MR) is 72.8 cm³/mol. The van der Waals surface area contributed by atoms with Crippen molar-refractivity contribution in [1.82, 2.24) is 4.98 Å². The van der Waals surface area contributed by atoms with E-state index in [1.165, 1.54) is 12.1 Å². The lowest BCUT2D eigenvalue weighted by Crippen LogP contribution is -2.03. The molecular weight excluding hydrogens is 260 g/mol. The van der Waals surface area contributed by atoms with Gasteiger partial charge in [-0.3, -0.25) is 0 Å². The first kappa shape index (κ1) is 13.8. The summed E-state index contributed by atoms with van der Waals surface area (Å²) in [6.45, 7) is 0.454. The quantitative estimate of drug-likeness (QED) is 0.868. The number of hydrogen-bond acceptors (Lipinski definition) is 5. The number of benzene rings is 1. The monoisotopic (exact) mass is 274 g/mol. The highest BCUT2D eigenvalue weighted by molar-refractivity contribution is 5.86. The van der Waals surface area contributed by atoms with Crippen LogP contribution in [-0.4, -0.2) is 23.2 Å². The smallest absolute Gasteiger partial charge is 0.354 e. The SMILES string of the molecule is COCc1cccc(Oc2nc(C(=O)O)ccc2N)c1. The minimum absolute atomic E-state index is 0.0690.